The Bertz CT molecular complexity index is 3430. The lowest BCUT2D eigenvalue weighted by molar-refractivity contribution is 1.18. The van der Waals surface area contributed by atoms with E-state index in [1.807, 2.05) is 24.3 Å². The van der Waals surface area contributed by atoms with Crippen LogP contribution in [0.2, 0.25) is 0 Å². The fraction of sp³-hybridized carbons (Fsp3) is 0. The van der Waals surface area contributed by atoms with Gasteiger partial charge < -0.3 is 9.13 Å². The molecule has 0 aliphatic carbocycles. The van der Waals surface area contributed by atoms with Crippen LogP contribution in [0.1, 0.15) is 0 Å². The van der Waals surface area contributed by atoms with Crippen molar-refractivity contribution in [2.45, 2.75) is 0 Å². The van der Waals surface area contributed by atoms with Gasteiger partial charge in [-0.05, 0) is 82.2 Å². The Balaban J connectivity index is 1.07. The first-order chi connectivity index (χ1) is 27.8. The molecule has 0 unspecified atom stereocenters. The summed E-state index contributed by atoms with van der Waals surface area (Å²) in [4.78, 5) is 10.6. The molecule has 0 N–H and O–H groups in total. The molecule has 0 saturated carbocycles. The number of hydrogen-bond donors (Lipinski definition) is 0. The molecule has 0 aliphatic rings. The van der Waals surface area contributed by atoms with E-state index >= 15 is 0 Å². The third-order valence-electron chi connectivity index (χ3n) is 11.5. The first kappa shape index (κ1) is 30.9. The highest BCUT2D eigenvalue weighted by molar-refractivity contribution is 6.28. The van der Waals surface area contributed by atoms with Crippen molar-refractivity contribution in [3.8, 4) is 33.9 Å². The molecule has 0 saturated heterocycles. The molecule has 3 heterocycles. The van der Waals surface area contributed by atoms with Gasteiger partial charge >= 0.3 is 0 Å². The Hall–Kier alpha value is -7.56. The van der Waals surface area contributed by atoms with E-state index in [2.05, 4.69) is 179 Å². The van der Waals surface area contributed by atoms with Crippen LogP contribution in [-0.4, -0.2) is 19.1 Å². The summed E-state index contributed by atoms with van der Waals surface area (Å²) in [5, 5.41) is 10.0. The van der Waals surface area contributed by atoms with Gasteiger partial charge in [-0.15, -0.1) is 0 Å². The maximum absolute atomic E-state index is 5.32. The fourth-order valence-electron chi connectivity index (χ4n) is 8.97. The van der Waals surface area contributed by atoms with Gasteiger partial charge in [0.25, 0.3) is 0 Å². The summed E-state index contributed by atoms with van der Waals surface area (Å²) in [7, 11) is 0. The molecule has 0 fully saturated rings. The van der Waals surface area contributed by atoms with Crippen molar-refractivity contribution in [3.63, 3.8) is 0 Å². The van der Waals surface area contributed by atoms with Gasteiger partial charge in [0.2, 0.25) is 0 Å². The number of rotatable bonds is 4. The van der Waals surface area contributed by atoms with Crippen molar-refractivity contribution in [2.75, 3.05) is 0 Å². The summed E-state index contributed by atoms with van der Waals surface area (Å²) in [5.74, 6) is 0. The average Bonchev–Trinajstić information content (AvgIpc) is 3.79. The number of hydrogen-bond acceptors (Lipinski definition) is 2. The van der Waals surface area contributed by atoms with Crippen molar-refractivity contribution in [1.29, 1.82) is 0 Å². The molecule has 4 heteroatoms. The van der Waals surface area contributed by atoms with E-state index in [0.29, 0.717) is 0 Å². The van der Waals surface area contributed by atoms with Crippen molar-refractivity contribution in [3.05, 3.63) is 194 Å². The van der Waals surface area contributed by atoms with E-state index in [1.165, 1.54) is 59.6 Å². The van der Waals surface area contributed by atoms with Crippen LogP contribution in [0, 0.1) is 0 Å². The molecule has 4 nitrogen and oxygen atoms in total. The molecular weight excluding hydrogens is 681 g/mol. The lowest BCUT2D eigenvalue weighted by Crippen LogP contribution is -1.98. The van der Waals surface area contributed by atoms with Gasteiger partial charge in [-0.3, -0.25) is 0 Å². The van der Waals surface area contributed by atoms with Crippen molar-refractivity contribution in [1.82, 2.24) is 19.1 Å². The van der Waals surface area contributed by atoms with Gasteiger partial charge in [0.15, 0.2) is 0 Å². The summed E-state index contributed by atoms with van der Waals surface area (Å²) < 4.78 is 4.77. The minimum atomic E-state index is 0.858. The molecule has 260 valence electrons. The quantitative estimate of drug-likeness (QED) is 0.182. The lowest BCUT2D eigenvalue weighted by atomic mass is 10.00. The Kier molecular flexibility index (Phi) is 6.60. The highest BCUT2D eigenvalue weighted by Crippen LogP contribution is 2.42. The van der Waals surface area contributed by atoms with E-state index in [-0.39, 0.29) is 0 Å². The Morgan fingerprint density at radius 2 is 0.786 bits per heavy atom. The average molecular weight is 713 g/mol. The number of fused-ring (bicyclic) bond motifs is 11. The van der Waals surface area contributed by atoms with Crippen molar-refractivity contribution >= 4 is 76.2 Å². The van der Waals surface area contributed by atoms with Crippen LogP contribution in [-0.2, 0) is 0 Å². The topological polar surface area (TPSA) is 35.6 Å². The summed E-state index contributed by atoms with van der Waals surface area (Å²) >= 11 is 0. The maximum Gasteiger partial charge on any atom is 0.0973 e. The van der Waals surface area contributed by atoms with Crippen LogP contribution in [0.25, 0.3) is 110 Å². The molecule has 12 aromatic rings. The zero-order chi connectivity index (χ0) is 36.7. The number of aromatic nitrogens is 4. The van der Waals surface area contributed by atoms with E-state index in [1.54, 1.807) is 0 Å². The van der Waals surface area contributed by atoms with E-state index in [4.69, 9.17) is 9.97 Å². The summed E-state index contributed by atoms with van der Waals surface area (Å²) in [6.45, 7) is 0. The van der Waals surface area contributed by atoms with Crippen LogP contribution in [0.5, 0.6) is 0 Å². The second kappa shape index (κ2) is 12.0. The third-order valence-corrected chi connectivity index (χ3v) is 11.5. The molecule has 12 rings (SSSR count). The molecule has 0 spiro atoms. The molecule has 3 aromatic heterocycles. The molecule has 0 aliphatic heterocycles. The van der Waals surface area contributed by atoms with E-state index in [9.17, 15) is 0 Å². The second-order valence-corrected chi connectivity index (χ2v) is 14.6. The lowest BCUT2D eigenvalue weighted by Gasteiger charge is -2.13. The number of nitrogens with zero attached hydrogens (tertiary/aromatic N) is 4. The van der Waals surface area contributed by atoms with Gasteiger partial charge in [0.1, 0.15) is 0 Å². The first-order valence-electron chi connectivity index (χ1n) is 19.1. The van der Waals surface area contributed by atoms with Crippen LogP contribution in [0.15, 0.2) is 194 Å². The molecule has 0 amide bonds. The minimum absolute atomic E-state index is 0.858. The normalized spacial score (nSPS) is 11.9. The Labute approximate surface area is 322 Å². The smallest absolute Gasteiger partial charge is 0.0973 e. The van der Waals surface area contributed by atoms with E-state index < -0.39 is 0 Å². The first-order valence-corrected chi connectivity index (χ1v) is 19.1. The van der Waals surface area contributed by atoms with Gasteiger partial charge in [0.05, 0.1) is 44.5 Å². The Morgan fingerprint density at radius 3 is 1.45 bits per heavy atom. The van der Waals surface area contributed by atoms with Gasteiger partial charge in [-0.1, -0.05) is 133 Å². The largest absolute Gasteiger partial charge is 0.309 e. The van der Waals surface area contributed by atoms with Crippen LogP contribution in [0.3, 0.4) is 0 Å². The van der Waals surface area contributed by atoms with E-state index in [0.717, 1.165) is 50.4 Å². The fourth-order valence-corrected chi connectivity index (χ4v) is 8.97. The highest BCUT2D eigenvalue weighted by atomic mass is 15.0. The predicted molar refractivity (Wildman–Crippen MR) is 234 cm³/mol. The number of benzene rings is 9. The highest BCUT2D eigenvalue weighted by Gasteiger charge is 2.20. The molecule has 56 heavy (non-hydrogen) atoms. The molecule has 9 aromatic carbocycles. The molecular formula is C52H32N4. The molecule has 0 radical (unpaired) electrons. The number of para-hydroxylation sites is 4. The van der Waals surface area contributed by atoms with Gasteiger partial charge in [-0.25, -0.2) is 9.97 Å². The van der Waals surface area contributed by atoms with Crippen LogP contribution in [0.4, 0.5) is 0 Å². The Morgan fingerprint density at radius 1 is 0.304 bits per heavy atom. The van der Waals surface area contributed by atoms with Crippen molar-refractivity contribution in [2.24, 2.45) is 0 Å². The zero-order valence-electron chi connectivity index (χ0n) is 30.3. The summed E-state index contributed by atoms with van der Waals surface area (Å²) in [5.41, 5.74) is 12.4. The van der Waals surface area contributed by atoms with Crippen LogP contribution >= 0.6 is 0 Å². The standard InChI is InChI=1S/C52H32N4/c1-2-14-37(15-3-1)55-45-21-11-8-18-41(45)42-29-24-36(32-48(42)55)52-51(53-43-19-9-10-20-44(43)54-52)35-22-27-38(28-23-35)56-46-30-25-33-12-4-6-16-39(33)49(46)50-40-17-7-5-13-34(40)26-31-47(50)56/h1-32H. The SMILES string of the molecule is c1ccc(-n2c3ccccc3c3ccc(-c4nc5ccccc5nc4-c4ccc(-n5c6ccc7ccccc7c6c6c7ccccc7ccc65)cc4)cc32)cc1. The predicted octanol–water partition coefficient (Wildman–Crippen LogP) is 13.5. The third kappa shape index (κ3) is 4.53. The van der Waals surface area contributed by atoms with Gasteiger partial charge in [0, 0.05) is 44.0 Å². The minimum Gasteiger partial charge on any atom is -0.309 e. The van der Waals surface area contributed by atoms with Crippen LogP contribution < -0.4 is 0 Å². The summed E-state index contributed by atoms with van der Waals surface area (Å²) in [6, 6.07) is 69.5. The molecule has 0 bridgehead atoms. The van der Waals surface area contributed by atoms with Crippen molar-refractivity contribution < 1.29 is 0 Å². The monoisotopic (exact) mass is 712 g/mol. The second-order valence-electron chi connectivity index (χ2n) is 14.6. The molecule has 0 atom stereocenters. The maximum atomic E-state index is 5.32. The summed E-state index contributed by atoms with van der Waals surface area (Å²) in [6.07, 6.45) is 0. The van der Waals surface area contributed by atoms with Gasteiger partial charge in [-0.2, -0.15) is 0 Å². The zero-order valence-corrected chi connectivity index (χ0v) is 30.3.